The van der Waals surface area contributed by atoms with Gasteiger partial charge in [-0.15, -0.1) is 0 Å². The van der Waals surface area contributed by atoms with E-state index in [9.17, 15) is 18.0 Å². The third kappa shape index (κ3) is 8.30. The van der Waals surface area contributed by atoms with E-state index < -0.39 is 18.3 Å². The predicted molar refractivity (Wildman–Crippen MR) is 62.0 cm³/mol. The lowest BCUT2D eigenvalue weighted by Gasteiger charge is -2.26. The highest BCUT2D eigenvalue weighted by atomic mass is 19.4. The zero-order valence-electron chi connectivity index (χ0n) is 10.8. The molecular weight excluding hydrogens is 249 g/mol. The molecule has 7 heteroatoms. The van der Waals surface area contributed by atoms with Crippen molar-refractivity contribution in [1.29, 1.82) is 0 Å². The van der Waals surface area contributed by atoms with Crippen LogP contribution in [0.15, 0.2) is 0 Å². The van der Waals surface area contributed by atoms with Crippen LogP contribution in [0.25, 0.3) is 0 Å². The number of carbonyl (C=O) groups is 1. The molecule has 3 N–H and O–H groups in total. The van der Waals surface area contributed by atoms with Crippen LogP contribution in [0.4, 0.5) is 13.2 Å². The molecule has 0 aliphatic rings. The van der Waals surface area contributed by atoms with E-state index in [1.54, 1.807) is 0 Å². The summed E-state index contributed by atoms with van der Waals surface area (Å²) >= 11 is 0. The van der Waals surface area contributed by atoms with Crippen LogP contribution >= 0.6 is 0 Å². The van der Waals surface area contributed by atoms with Crippen molar-refractivity contribution in [1.82, 2.24) is 5.32 Å². The third-order valence-corrected chi connectivity index (χ3v) is 2.79. The minimum absolute atomic E-state index is 0.0976. The lowest BCUT2D eigenvalue weighted by Crippen LogP contribution is -2.49. The molecule has 0 fully saturated rings. The van der Waals surface area contributed by atoms with E-state index in [4.69, 9.17) is 5.73 Å². The van der Waals surface area contributed by atoms with Crippen molar-refractivity contribution in [2.45, 2.75) is 44.8 Å². The summed E-state index contributed by atoms with van der Waals surface area (Å²) in [5, 5.41) is 2.60. The van der Waals surface area contributed by atoms with Gasteiger partial charge < -0.3 is 15.8 Å². The number of halogens is 3. The van der Waals surface area contributed by atoms with Gasteiger partial charge in [0.15, 0.2) is 0 Å². The maximum Gasteiger partial charge on any atom is 0.411 e. The predicted octanol–water partition coefficient (Wildman–Crippen LogP) is 1.59. The molecule has 0 spiro atoms. The molecule has 18 heavy (non-hydrogen) atoms. The topological polar surface area (TPSA) is 64.3 Å². The minimum atomic E-state index is -4.35. The average Bonchev–Trinajstić information content (AvgIpc) is 2.30. The molecule has 0 rings (SSSR count). The second-order valence-electron chi connectivity index (χ2n) is 4.26. The molecule has 108 valence electrons. The molecule has 4 nitrogen and oxygen atoms in total. The SMILES string of the molecule is CCC(N)(CC)CNC(=O)CCOCC(F)(F)F. The van der Waals surface area contributed by atoms with Gasteiger partial charge in [0.25, 0.3) is 0 Å². The van der Waals surface area contributed by atoms with Gasteiger partial charge in [-0.2, -0.15) is 13.2 Å². The molecule has 0 aromatic heterocycles. The largest absolute Gasteiger partial charge is 0.411 e. The van der Waals surface area contributed by atoms with Crippen LogP contribution < -0.4 is 11.1 Å². The molecule has 0 radical (unpaired) electrons. The highest BCUT2D eigenvalue weighted by Gasteiger charge is 2.27. The Hall–Kier alpha value is -0.820. The number of amides is 1. The van der Waals surface area contributed by atoms with Gasteiger partial charge in [0.2, 0.25) is 5.91 Å². The average molecular weight is 270 g/mol. The summed E-state index contributed by atoms with van der Waals surface area (Å²) in [6.07, 6.45) is -3.02. The van der Waals surface area contributed by atoms with Crippen molar-refractivity contribution in [3.05, 3.63) is 0 Å². The van der Waals surface area contributed by atoms with Gasteiger partial charge in [-0.3, -0.25) is 4.79 Å². The summed E-state index contributed by atoms with van der Waals surface area (Å²) in [5.74, 6) is -0.353. The van der Waals surface area contributed by atoms with Gasteiger partial charge in [-0.05, 0) is 12.8 Å². The van der Waals surface area contributed by atoms with Crippen molar-refractivity contribution >= 4 is 5.91 Å². The monoisotopic (exact) mass is 270 g/mol. The quantitative estimate of drug-likeness (QED) is 0.658. The lowest BCUT2D eigenvalue weighted by atomic mass is 9.94. The van der Waals surface area contributed by atoms with Crippen LogP contribution in [0, 0.1) is 0 Å². The summed E-state index contributed by atoms with van der Waals surface area (Å²) < 4.78 is 39.5. The molecule has 0 saturated heterocycles. The van der Waals surface area contributed by atoms with E-state index in [1.807, 2.05) is 13.8 Å². The molecule has 0 bridgehead atoms. The van der Waals surface area contributed by atoms with Crippen molar-refractivity contribution in [3.8, 4) is 0 Å². The number of alkyl halides is 3. The van der Waals surface area contributed by atoms with E-state index in [2.05, 4.69) is 10.1 Å². The van der Waals surface area contributed by atoms with Gasteiger partial charge in [-0.25, -0.2) is 0 Å². The Kier molecular flexibility index (Phi) is 7.23. The number of hydrogen-bond acceptors (Lipinski definition) is 3. The maximum absolute atomic E-state index is 11.7. The number of nitrogens with one attached hydrogen (secondary N) is 1. The first kappa shape index (κ1) is 17.2. The molecule has 0 aliphatic carbocycles. The molecule has 0 aromatic carbocycles. The molecule has 0 heterocycles. The lowest BCUT2D eigenvalue weighted by molar-refractivity contribution is -0.174. The standard InChI is InChI=1S/C11H21F3N2O2/c1-3-10(15,4-2)7-16-9(17)5-6-18-8-11(12,13)14/h3-8,15H2,1-2H3,(H,16,17). The van der Waals surface area contributed by atoms with E-state index in [0.717, 1.165) is 0 Å². The summed E-state index contributed by atoms with van der Waals surface area (Å²) in [5.41, 5.74) is 5.51. The van der Waals surface area contributed by atoms with Crippen LogP contribution in [0.1, 0.15) is 33.1 Å². The minimum Gasteiger partial charge on any atom is -0.372 e. The van der Waals surface area contributed by atoms with E-state index in [0.29, 0.717) is 19.4 Å². The molecule has 0 unspecified atom stereocenters. The molecule has 0 aliphatic heterocycles. The Morgan fingerprint density at radius 3 is 2.28 bits per heavy atom. The Balaban J connectivity index is 3.73. The Morgan fingerprint density at radius 2 is 1.83 bits per heavy atom. The maximum atomic E-state index is 11.7. The molecule has 0 saturated carbocycles. The van der Waals surface area contributed by atoms with Crippen molar-refractivity contribution in [2.24, 2.45) is 5.73 Å². The van der Waals surface area contributed by atoms with Crippen LogP contribution in [-0.4, -0.2) is 37.4 Å². The number of rotatable bonds is 8. The van der Waals surface area contributed by atoms with Gasteiger partial charge in [0, 0.05) is 18.5 Å². The second-order valence-corrected chi connectivity index (χ2v) is 4.26. The fourth-order valence-electron chi connectivity index (χ4n) is 1.22. The Labute approximate surface area is 105 Å². The summed E-state index contributed by atoms with van der Waals surface area (Å²) in [6, 6.07) is 0. The van der Waals surface area contributed by atoms with E-state index in [1.165, 1.54) is 0 Å². The third-order valence-electron chi connectivity index (χ3n) is 2.79. The fraction of sp³-hybridized carbons (Fsp3) is 0.909. The Bertz CT molecular complexity index is 253. The molecule has 0 aromatic rings. The van der Waals surface area contributed by atoms with Crippen LogP contribution in [0.2, 0.25) is 0 Å². The molecule has 0 atom stereocenters. The van der Waals surface area contributed by atoms with Crippen molar-refractivity contribution in [2.75, 3.05) is 19.8 Å². The molecule has 1 amide bonds. The van der Waals surface area contributed by atoms with Crippen molar-refractivity contribution < 1.29 is 22.7 Å². The first-order chi connectivity index (χ1) is 8.22. The number of nitrogens with two attached hydrogens (primary N) is 1. The summed E-state index contributed by atoms with van der Waals surface area (Å²) in [7, 11) is 0. The normalized spacial score (nSPS) is 12.6. The van der Waals surface area contributed by atoms with Crippen molar-refractivity contribution in [3.63, 3.8) is 0 Å². The number of ether oxygens (including phenoxy) is 1. The van der Waals surface area contributed by atoms with E-state index >= 15 is 0 Å². The van der Waals surface area contributed by atoms with Gasteiger partial charge in [0.1, 0.15) is 6.61 Å². The number of hydrogen-bond donors (Lipinski definition) is 2. The Morgan fingerprint density at radius 1 is 1.28 bits per heavy atom. The van der Waals surface area contributed by atoms with Gasteiger partial charge in [0.05, 0.1) is 6.61 Å². The second kappa shape index (κ2) is 7.58. The fourth-order valence-corrected chi connectivity index (χ4v) is 1.22. The first-order valence-electron chi connectivity index (χ1n) is 5.92. The van der Waals surface area contributed by atoms with Gasteiger partial charge in [-0.1, -0.05) is 13.8 Å². The van der Waals surface area contributed by atoms with Crippen LogP contribution in [0.5, 0.6) is 0 Å². The highest BCUT2D eigenvalue weighted by Crippen LogP contribution is 2.14. The first-order valence-corrected chi connectivity index (χ1v) is 5.92. The van der Waals surface area contributed by atoms with Crippen LogP contribution in [0.3, 0.4) is 0 Å². The number of carbonyl (C=O) groups excluding carboxylic acids is 1. The zero-order valence-corrected chi connectivity index (χ0v) is 10.8. The highest BCUT2D eigenvalue weighted by molar-refractivity contribution is 5.76. The smallest absolute Gasteiger partial charge is 0.372 e. The van der Waals surface area contributed by atoms with Gasteiger partial charge >= 0.3 is 6.18 Å². The summed E-state index contributed by atoms with van der Waals surface area (Å²) in [6.45, 7) is 2.58. The molecular formula is C11H21F3N2O2. The van der Waals surface area contributed by atoms with Crippen LogP contribution in [-0.2, 0) is 9.53 Å². The summed E-state index contributed by atoms with van der Waals surface area (Å²) in [4.78, 5) is 11.3. The zero-order chi connectivity index (χ0) is 14.2. The van der Waals surface area contributed by atoms with E-state index in [-0.39, 0.29) is 18.9 Å².